The molecule has 0 atom stereocenters. The number of aryl methyl sites for hydroxylation is 1. The van der Waals surface area contributed by atoms with Gasteiger partial charge in [0.1, 0.15) is 5.82 Å². The Morgan fingerprint density at radius 1 is 1.17 bits per heavy atom. The quantitative estimate of drug-likeness (QED) is 0.859. The Labute approximate surface area is 139 Å². The van der Waals surface area contributed by atoms with Crippen molar-refractivity contribution in [3.8, 4) is 11.5 Å². The van der Waals surface area contributed by atoms with E-state index in [2.05, 4.69) is 25.2 Å². The maximum Gasteiger partial charge on any atom is 0.231 e. The lowest BCUT2D eigenvalue weighted by Crippen LogP contribution is -2.30. The average Bonchev–Trinajstić information content (AvgIpc) is 3.13. The van der Waals surface area contributed by atoms with Crippen LogP contribution in [0.25, 0.3) is 0 Å². The topological polar surface area (TPSA) is 50.7 Å². The summed E-state index contributed by atoms with van der Waals surface area (Å²) < 4.78 is 15.4. The van der Waals surface area contributed by atoms with Crippen molar-refractivity contribution in [2.24, 2.45) is 0 Å². The smallest absolute Gasteiger partial charge is 0.231 e. The van der Waals surface area contributed by atoms with E-state index in [1.807, 2.05) is 19.1 Å². The number of rotatable bonds is 3. The summed E-state index contributed by atoms with van der Waals surface area (Å²) in [7, 11) is 0. The molecule has 2 aliphatic rings. The van der Waals surface area contributed by atoms with Gasteiger partial charge in [0, 0.05) is 49.8 Å². The molecule has 0 aliphatic carbocycles. The summed E-state index contributed by atoms with van der Waals surface area (Å²) in [6.07, 6.45) is 1.13. The van der Waals surface area contributed by atoms with Crippen LogP contribution in [0.15, 0.2) is 18.2 Å². The first kappa shape index (κ1) is 14.7. The van der Waals surface area contributed by atoms with Crippen molar-refractivity contribution in [2.45, 2.75) is 19.9 Å². The summed E-state index contributed by atoms with van der Waals surface area (Å²) in [6.45, 7) is 7.30. The van der Waals surface area contributed by atoms with E-state index in [1.165, 1.54) is 17.1 Å². The zero-order valence-electron chi connectivity index (χ0n) is 13.2. The van der Waals surface area contributed by atoms with E-state index in [4.69, 9.17) is 9.47 Å². The number of para-hydroxylation sites is 1. The number of anilines is 1. The van der Waals surface area contributed by atoms with E-state index in [-0.39, 0.29) is 0 Å². The number of nitrogens with zero attached hydrogens (tertiary/aromatic N) is 4. The normalized spacial score (nSPS) is 18.2. The number of aromatic nitrogens is 2. The highest BCUT2D eigenvalue weighted by Crippen LogP contribution is 2.36. The van der Waals surface area contributed by atoms with Crippen molar-refractivity contribution >= 4 is 16.7 Å². The number of hydrogen-bond acceptors (Lipinski definition) is 7. The van der Waals surface area contributed by atoms with Gasteiger partial charge in [-0.05, 0) is 19.4 Å². The second kappa shape index (κ2) is 6.33. The lowest BCUT2D eigenvalue weighted by Gasteiger charge is -2.21. The predicted octanol–water partition coefficient (Wildman–Crippen LogP) is 2.29. The SMILES string of the molecule is Cc1nsc(N2CCCN(Cc3cccc4c3OCO4)CC2)n1. The van der Waals surface area contributed by atoms with Crippen LogP contribution >= 0.6 is 11.5 Å². The Hall–Kier alpha value is -1.86. The van der Waals surface area contributed by atoms with Crippen molar-refractivity contribution in [1.29, 1.82) is 0 Å². The summed E-state index contributed by atoms with van der Waals surface area (Å²) in [6, 6.07) is 6.13. The molecule has 0 N–H and O–H groups in total. The standard InChI is InChI=1S/C16H20N4O2S/c1-12-17-16(23-18-12)20-7-3-6-19(8-9-20)10-13-4-2-5-14-15(13)22-11-21-14/h2,4-5H,3,6-11H2,1H3. The third-order valence-corrected chi connectivity index (χ3v) is 5.12. The molecule has 0 amide bonds. The summed E-state index contributed by atoms with van der Waals surface area (Å²) >= 11 is 1.50. The molecule has 1 aromatic carbocycles. The van der Waals surface area contributed by atoms with E-state index in [9.17, 15) is 0 Å². The number of ether oxygens (including phenoxy) is 2. The van der Waals surface area contributed by atoms with Gasteiger partial charge in [-0.1, -0.05) is 12.1 Å². The van der Waals surface area contributed by atoms with Crippen molar-refractivity contribution in [3.05, 3.63) is 29.6 Å². The van der Waals surface area contributed by atoms with Crippen molar-refractivity contribution in [3.63, 3.8) is 0 Å². The van der Waals surface area contributed by atoms with Crippen molar-refractivity contribution in [1.82, 2.24) is 14.3 Å². The molecule has 2 aromatic rings. The Morgan fingerprint density at radius 3 is 3.00 bits per heavy atom. The van der Waals surface area contributed by atoms with Gasteiger partial charge in [0.15, 0.2) is 11.5 Å². The van der Waals surface area contributed by atoms with Gasteiger partial charge >= 0.3 is 0 Å². The van der Waals surface area contributed by atoms with Gasteiger partial charge in [-0.3, -0.25) is 4.90 Å². The van der Waals surface area contributed by atoms with Crippen LogP contribution < -0.4 is 14.4 Å². The molecule has 0 bridgehead atoms. The molecule has 3 heterocycles. The minimum atomic E-state index is 0.330. The number of hydrogen-bond donors (Lipinski definition) is 0. The Morgan fingerprint density at radius 2 is 2.13 bits per heavy atom. The zero-order valence-corrected chi connectivity index (χ0v) is 14.0. The van der Waals surface area contributed by atoms with E-state index in [1.54, 1.807) is 0 Å². The van der Waals surface area contributed by atoms with E-state index in [0.29, 0.717) is 6.79 Å². The summed E-state index contributed by atoms with van der Waals surface area (Å²) in [4.78, 5) is 9.33. The predicted molar refractivity (Wildman–Crippen MR) is 89.3 cm³/mol. The fraction of sp³-hybridized carbons (Fsp3) is 0.500. The Bertz CT molecular complexity index is 690. The van der Waals surface area contributed by atoms with Gasteiger partial charge in [-0.15, -0.1) is 0 Å². The minimum Gasteiger partial charge on any atom is -0.454 e. The average molecular weight is 332 g/mol. The van der Waals surface area contributed by atoms with Crippen LogP contribution in [0.1, 0.15) is 17.8 Å². The molecule has 4 rings (SSSR count). The molecule has 0 saturated carbocycles. The van der Waals surface area contributed by atoms with Gasteiger partial charge in [-0.2, -0.15) is 4.37 Å². The molecule has 0 radical (unpaired) electrons. The molecule has 0 spiro atoms. The van der Waals surface area contributed by atoms with Crippen LogP contribution in [-0.2, 0) is 6.54 Å². The first-order valence-electron chi connectivity index (χ1n) is 7.95. The van der Waals surface area contributed by atoms with Crippen LogP contribution in [0.3, 0.4) is 0 Å². The minimum absolute atomic E-state index is 0.330. The van der Waals surface area contributed by atoms with Crippen molar-refractivity contribution < 1.29 is 9.47 Å². The molecule has 6 nitrogen and oxygen atoms in total. The van der Waals surface area contributed by atoms with Crippen LogP contribution in [0.5, 0.6) is 11.5 Å². The molecule has 2 aliphatic heterocycles. The third kappa shape index (κ3) is 3.11. The van der Waals surface area contributed by atoms with Crippen LogP contribution in [0.2, 0.25) is 0 Å². The van der Waals surface area contributed by atoms with Crippen molar-refractivity contribution in [2.75, 3.05) is 37.9 Å². The van der Waals surface area contributed by atoms with Crippen LogP contribution in [0, 0.1) is 6.92 Å². The molecular weight excluding hydrogens is 312 g/mol. The fourth-order valence-corrected chi connectivity index (χ4v) is 3.82. The molecule has 7 heteroatoms. The van der Waals surface area contributed by atoms with E-state index < -0.39 is 0 Å². The summed E-state index contributed by atoms with van der Waals surface area (Å²) in [5.74, 6) is 2.64. The van der Waals surface area contributed by atoms with E-state index in [0.717, 1.165) is 61.6 Å². The third-order valence-electron chi connectivity index (χ3n) is 4.25. The first-order valence-corrected chi connectivity index (χ1v) is 8.72. The highest BCUT2D eigenvalue weighted by molar-refractivity contribution is 7.09. The Kier molecular flexibility index (Phi) is 4.05. The second-order valence-electron chi connectivity index (χ2n) is 5.89. The lowest BCUT2D eigenvalue weighted by molar-refractivity contribution is 0.172. The maximum atomic E-state index is 5.62. The van der Waals surface area contributed by atoms with E-state index >= 15 is 0 Å². The molecule has 1 aromatic heterocycles. The number of benzene rings is 1. The highest BCUT2D eigenvalue weighted by Gasteiger charge is 2.21. The lowest BCUT2D eigenvalue weighted by atomic mass is 10.1. The van der Waals surface area contributed by atoms with Gasteiger partial charge < -0.3 is 14.4 Å². The zero-order chi connectivity index (χ0) is 15.6. The molecule has 0 unspecified atom stereocenters. The Balaban J connectivity index is 1.42. The number of fused-ring (bicyclic) bond motifs is 1. The molecule has 1 fully saturated rings. The van der Waals surface area contributed by atoms with Gasteiger partial charge in [0.2, 0.25) is 11.9 Å². The maximum absolute atomic E-state index is 5.62. The monoisotopic (exact) mass is 332 g/mol. The molecule has 1 saturated heterocycles. The van der Waals surface area contributed by atoms with Gasteiger partial charge in [0.25, 0.3) is 0 Å². The first-order chi connectivity index (χ1) is 11.3. The van der Waals surface area contributed by atoms with Crippen LogP contribution in [0.4, 0.5) is 5.13 Å². The second-order valence-corrected chi connectivity index (χ2v) is 6.62. The molecular formula is C16H20N4O2S. The van der Waals surface area contributed by atoms with Gasteiger partial charge in [-0.25, -0.2) is 4.98 Å². The largest absolute Gasteiger partial charge is 0.454 e. The highest BCUT2D eigenvalue weighted by atomic mass is 32.1. The van der Waals surface area contributed by atoms with Gasteiger partial charge in [0.05, 0.1) is 0 Å². The molecule has 23 heavy (non-hydrogen) atoms. The summed E-state index contributed by atoms with van der Waals surface area (Å²) in [5.41, 5.74) is 1.21. The summed E-state index contributed by atoms with van der Waals surface area (Å²) in [5, 5.41) is 1.04. The van der Waals surface area contributed by atoms with Crippen LogP contribution in [-0.4, -0.2) is 47.2 Å². The fourth-order valence-electron chi connectivity index (χ4n) is 3.09. The molecule has 122 valence electrons.